The molecule has 0 saturated heterocycles. The van der Waals surface area contributed by atoms with Gasteiger partial charge in [-0.25, -0.2) is 0 Å². The van der Waals surface area contributed by atoms with Crippen molar-refractivity contribution in [1.29, 1.82) is 0 Å². The van der Waals surface area contributed by atoms with E-state index in [-0.39, 0.29) is 17.5 Å². The fourth-order valence-corrected chi connectivity index (χ4v) is 1.57. The summed E-state index contributed by atoms with van der Waals surface area (Å²) in [7, 11) is -1.46. The molecule has 0 amide bonds. The summed E-state index contributed by atoms with van der Waals surface area (Å²) >= 11 is 0. The fourth-order valence-electron chi connectivity index (χ4n) is 0.525. The highest BCUT2D eigenvalue weighted by atomic mass is 32.2. The van der Waals surface area contributed by atoms with Crippen molar-refractivity contribution in [1.82, 2.24) is 0 Å². The average molecular weight is 203 g/mol. The average Bonchev–Trinajstić information content (AvgIpc) is 1.97. The van der Waals surface area contributed by atoms with Gasteiger partial charge in [-0.15, -0.1) is 0 Å². The number of alkyl halides is 3. The van der Waals surface area contributed by atoms with Gasteiger partial charge in [0.15, 0.2) is 0 Å². The monoisotopic (exact) mass is 203 g/mol. The van der Waals surface area contributed by atoms with E-state index in [1.54, 1.807) is 6.92 Å². The minimum atomic E-state index is -4.22. The minimum Gasteiger partial charge on any atom is -0.329 e. The van der Waals surface area contributed by atoms with Gasteiger partial charge in [0, 0.05) is 28.3 Å². The van der Waals surface area contributed by atoms with Crippen molar-refractivity contribution in [3.8, 4) is 0 Å². The van der Waals surface area contributed by atoms with Gasteiger partial charge in [0.1, 0.15) is 0 Å². The van der Waals surface area contributed by atoms with Gasteiger partial charge in [-0.3, -0.25) is 4.21 Å². The van der Waals surface area contributed by atoms with Crippen LogP contribution in [0.2, 0.25) is 0 Å². The van der Waals surface area contributed by atoms with E-state index in [4.69, 9.17) is 5.73 Å². The summed E-state index contributed by atoms with van der Waals surface area (Å²) in [5.74, 6) is -0.345. The lowest BCUT2D eigenvalue weighted by molar-refractivity contribution is -0.129. The quantitative estimate of drug-likeness (QED) is 0.741. The Morgan fingerprint density at radius 3 is 2.33 bits per heavy atom. The highest BCUT2D eigenvalue weighted by Crippen LogP contribution is 2.19. The maximum Gasteiger partial charge on any atom is 0.390 e. The van der Waals surface area contributed by atoms with Crippen molar-refractivity contribution < 1.29 is 17.4 Å². The lowest BCUT2D eigenvalue weighted by Gasteiger charge is -2.09. The Balaban J connectivity index is 3.72. The van der Waals surface area contributed by atoms with Gasteiger partial charge < -0.3 is 5.73 Å². The van der Waals surface area contributed by atoms with Crippen molar-refractivity contribution in [2.45, 2.75) is 24.8 Å². The molecule has 2 atom stereocenters. The molecule has 2 unspecified atom stereocenters. The van der Waals surface area contributed by atoms with Gasteiger partial charge in [-0.2, -0.15) is 13.2 Å². The van der Waals surface area contributed by atoms with Crippen molar-refractivity contribution >= 4 is 10.8 Å². The predicted octanol–water partition coefficient (Wildman–Crippen LogP) is 1.03. The number of hydrogen-bond acceptors (Lipinski definition) is 2. The molecule has 0 saturated carbocycles. The topological polar surface area (TPSA) is 43.1 Å². The molecule has 6 heteroatoms. The lowest BCUT2D eigenvalue weighted by atomic mass is 10.5. The van der Waals surface area contributed by atoms with E-state index in [9.17, 15) is 17.4 Å². The second-order valence-corrected chi connectivity index (χ2v) is 4.47. The molecule has 2 N–H and O–H groups in total. The molecule has 0 aromatic carbocycles. The van der Waals surface area contributed by atoms with Gasteiger partial charge >= 0.3 is 6.18 Å². The molecule has 0 radical (unpaired) electrons. The van der Waals surface area contributed by atoms with Crippen LogP contribution in [0.25, 0.3) is 0 Å². The zero-order valence-corrected chi connectivity index (χ0v) is 7.54. The molecule has 0 rings (SSSR count). The van der Waals surface area contributed by atoms with Crippen LogP contribution in [0.3, 0.4) is 0 Å². The Morgan fingerprint density at radius 1 is 1.50 bits per heavy atom. The molecule has 0 aliphatic rings. The first-order valence-corrected chi connectivity index (χ1v) is 4.89. The molecule has 0 heterocycles. The van der Waals surface area contributed by atoms with Crippen molar-refractivity contribution in [2.24, 2.45) is 5.73 Å². The Labute approximate surface area is 71.8 Å². The standard InChI is InChI=1S/C6H12F3NOS/c1-5(4-10)12(11)3-2-6(7,8)9/h5H,2-4,10H2,1H3. The Bertz CT molecular complexity index is 159. The van der Waals surface area contributed by atoms with E-state index in [2.05, 4.69) is 0 Å². The molecular weight excluding hydrogens is 191 g/mol. The normalized spacial score (nSPS) is 17.4. The van der Waals surface area contributed by atoms with Crippen LogP contribution in [0.1, 0.15) is 13.3 Å². The summed E-state index contributed by atoms with van der Waals surface area (Å²) in [6, 6.07) is 0. The summed E-state index contributed by atoms with van der Waals surface area (Å²) < 4.78 is 45.8. The van der Waals surface area contributed by atoms with Gasteiger partial charge in [-0.1, -0.05) is 0 Å². The first-order valence-electron chi connectivity index (χ1n) is 3.51. The van der Waals surface area contributed by atoms with Crippen molar-refractivity contribution in [3.63, 3.8) is 0 Å². The summed E-state index contributed by atoms with van der Waals surface area (Å²) in [4.78, 5) is 0. The third-order valence-electron chi connectivity index (χ3n) is 1.37. The van der Waals surface area contributed by atoms with Crippen LogP contribution in [0.4, 0.5) is 13.2 Å². The lowest BCUT2D eigenvalue weighted by Crippen LogP contribution is -2.25. The molecule has 74 valence electrons. The summed E-state index contributed by atoms with van der Waals surface area (Å²) in [6.45, 7) is 1.73. The van der Waals surface area contributed by atoms with Crippen LogP contribution in [-0.4, -0.2) is 27.9 Å². The molecule has 0 bridgehead atoms. The summed E-state index contributed by atoms with van der Waals surface area (Å²) in [5, 5.41) is -0.354. The smallest absolute Gasteiger partial charge is 0.329 e. The first-order chi connectivity index (χ1) is 5.37. The van der Waals surface area contributed by atoms with Crippen LogP contribution in [0.5, 0.6) is 0 Å². The van der Waals surface area contributed by atoms with E-state index in [1.165, 1.54) is 0 Å². The van der Waals surface area contributed by atoms with Gasteiger partial charge in [0.25, 0.3) is 0 Å². The Morgan fingerprint density at radius 2 is 2.00 bits per heavy atom. The number of nitrogens with two attached hydrogens (primary N) is 1. The van der Waals surface area contributed by atoms with E-state index in [0.717, 1.165) is 0 Å². The number of halogens is 3. The van der Waals surface area contributed by atoms with Crippen LogP contribution >= 0.6 is 0 Å². The largest absolute Gasteiger partial charge is 0.390 e. The zero-order valence-electron chi connectivity index (χ0n) is 6.73. The molecule has 0 aromatic heterocycles. The predicted molar refractivity (Wildman–Crippen MR) is 42.2 cm³/mol. The Hall–Kier alpha value is -0.100. The SMILES string of the molecule is CC(CN)S(=O)CCC(F)(F)F. The molecule has 2 nitrogen and oxygen atoms in total. The molecular formula is C6H12F3NOS. The van der Waals surface area contributed by atoms with Crippen molar-refractivity contribution in [2.75, 3.05) is 12.3 Å². The van der Waals surface area contributed by atoms with Crippen LogP contribution < -0.4 is 5.73 Å². The van der Waals surface area contributed by atoms with Crippen LogP contribution in [0.15, 0.2) is 0 Å². The summed E-state index contributed by atoms with van der Waals surface area (Å²) in [5.41, 5.74) is 5.14. The second kappa shape index (κ2) is 4.81. The van der Waals surface area contributed by atoms with Gasteiger partial charge in [0.05, 0.1) is 6.42 Å². The van der Waals surface area contributed by atoms with Gasteiger partial charge in [-0.05, 0) is 6.92 Å². The molecule has 12 heavy (non-hydrogen) atoms. The minimum absolute atomic E-state index is 0.157. The van der Waals surface area contributed by atoms with E-state index < -0.39 is 23.4 Å². The van der Waals surface area contributed by atoms with E-state index in [0.29, 0.717) is 0 Å². The Kier molecular flexibility index (Phi) is 4.77. The van der Waals surface area contributed by atoms with E-state index >= 15 is 0 Å². The fraction of sp³-hybridized carbons (Fsp3) is 1.00. The third kappa shape index (κ3) is 5.54. The molecule has 0 aliphatic carbocycles. The molecule has 0 aliphatic heterocycles. The maximum atomic E-state index is 11.6. The number of hydrogen-bond donors (Lipinski definition) is 1. The number of rotatable bonds is 4. The molecule has 0 spiro atoms. The molecule has 0 fully saturated rings. The van der Waals surface area contributed by atoms with Gasteiger partial charge in [0.2, 0.25) is 0 Å². The molecule has 0 aromatic rings. The van der Waals surface area contributed by atoms with E-state index in [1.807, 2.05) is 0 Å². The summed E-state index contributed by atoms with van der Waals surface area (Å²) in [6.07, 6.45) is -5.21. The first kappa shape index (κ1) is 11.9. The highest BCUT2D eigenvalue weighted by Gasteiger charge is 2.28. The third-order valence-corrected chi connectivity index (χ3v) is 3.06. The highest BCUT2D eigenvalue weighted by molar-refractivity contribution is 7.85. The van der Waals surface area contributed by atoms with Crippen LogP contribution in [-0.2, 0) is 10.8 Å². The maximum absolute atomic E-state index is 11.6. The zero-order chi connectivity index (χ0) is 9.78. The second-order valence-electron chi connectivity index (χ2n) is 2.50. The van der Waals surface area contributed by atoms with Crippen LogP contribution in [0, 0.1) is 0 Å². The van der Waals surface area contributed by atoms with Crippen molar-refractivity contribution in [3.05, 3.63) is 0 Å².